The summed E-state index contributed by atoms with van der Waals surface area (Å²) in [6, 6.07) is 11.6. The van der Waals surface area contributed by atoms with Gasteiger partial charge in [0.15, 0.2) is 11.5 Å². The molecule has 0 aliphatic carbocycles. The number of fused-ring (bicyclic) bond motifs is 2. The van der Waals surface area contributed by atoms with Gasteiger partial charge in [-0.05, 0) is 35.9 Å². The minimum atomic E-state index is -0.420. The topological polar surface area (TPSA) is 66.0 Å². The van der Waals surface area contributed by atoms with Crippen molar-refractivity contribution in [2.24, 2.45) is 5.41 Å². The Balaban J connectivity index is 1.80. The third-order valence-corrected chi connectivity index (χ3v) is 5.27. The van der Waals surface area contributed by atoms with E-state index in [1.807, 2.05) is 36.4 Å². The van der Waals surface area contributed by atoms with E-state index in [0.717, 1.165) is 34.1 Å². The van der Waals surface area contributed by atoms with E-state index in [0.29, 0.717) is 0 Å². The van der Waals surface area contributed by atoms with Crippen LogP contribution in [0.25, 0.3) is 0 Å². The van der Waals surface area contributed by atoms with Gasteiger partial charge in [0.25, 0.3) is 0 Å². The summed E-state index contributed by atoms with van der Waals surface area (Å²) in [6.45, 7) is 5.85. The Morgan fingerprint density at radius 1 is 1.15 bits per heavy atom. The predicted molar refractivity (Wildman–Crippen MR) is 100 cm³/mol. The maximum Gasteiger partial charge on any atom is 0.303 e. The van der Waals surface area contributed by atoms with E-state index in [9.17, 15) is 4.79 Å². The van der Waals surface area contributed by atoms with Crippen LogP contribution in [0.4, 0.5) is 5.69 Å². The van der Waals surface area contributed by atoms with Crippen LogP contribution in [0.2, 0.25) is 0 Å². The molecule has 0 saturated carbocycles. The molecule has 2 aliphatic rings. The van der Waals surface area contributed by atoms with Crippen LogP contribution in [0.5, 0.6) is 17.2 Å². The molecule has 0 fully saturated rings. The van der Waals surface area contributed by atoms with Gasteiger partial charge in [-0.25, -0.2) is 0 Å². The molecule has 2 aromatic carbocycles. The Morgan fingerprint density at radius 2 is 1.93 bits per heavy atom. The van der Waals surface area contributed by atoms with Crippen molar-refractivity contribution in [1.82, 2.24) is 0 Å². The summed E-state index contributed by atoms with van der Waals surface area (Å²) >= 11 is 0. The molecule has 0 aromatic heterocycles. The van der Waals surface area contributed by atoms with Gasteiger partial charge in [0.05, 0.1) is 13.2 Å². The molecule has 2 heterocycles. The Kier molecular flexibility index (Phi) is 4.13. The van der Waals surface area contributed by atoms with E-state index < -0.39 is 11.5 Å². The van der Waals surface area contributed by atoms with Gasteiger partial charge in [0.2, 0.25) is 6.79 Å². The van der Waals surface area contributed by atoms with Gasteiger partial charge >= 0.3 is 5.97 Å². The van der Waals surface area contributed by atoms with Crippen molar-refractivity contribution in [3.8, 4) is 17.2 Å². The van der Waals surface area contributed by atoms with E-state index in [1.54, 1.807) is 7.11 Å². The third-order valence-electron chi connectivity index (χ3n) is 5.27. The second-order valence-corrected chi connectivity index (χ2v) is 7.45. The molecule has 2 aromatic rings. The summed E-state index contributed by atoms with van der Waals surface area (Å²) in [5.74, 6) is 1.89. The number of hydrogen-bond acceptors (Lipinski definition) is 6. The quantitative estimate of drug-likeness (QED) is 0.817. The van der Waals surface area contributed by atoms with Crippen molar-refractivity contribution in [3.05, 3.63) is 47.5 Å². The lowest BCUT2D eigenvalue weighted by Gasteiger charge is -2.46. The molecule has 27 heavy (non-hydrogen) atoms. The number of rotatable bonds is 3. The molecule has 0 saturated heterocycles. The zero-order chi connectivity index (χ0) is 19.2. The highest BCUT2D eigenvalue weighted by atomic mass is 16.7. The molecule has 6 heteroatoms. The maximum atomic E-state index is 11.9. The first kappa shape index (κ1) is 17.5. The van der Waals surface area contributed by atoms with Crippen LogP contribution >= 0.6 is 0 Å². The summed E-state index contributed by atoms with van der Waals surface area (Å²) in [4.78, 5) is 11.9. The minimum Gasteiger partial charge on any atom is -0.497 e. The van der Waals surface area contributed by atoms with Crippen LogP contribution in [0.1, 0.15) is 44.0 Å². The number of esters is 1. The first-order valence-electron chi connectivity index (χ1n) is 8.91. The summed E-state index contributed by atoms with van der Waals surface area (Å²) in [5.41, 5.74) is 2.46. The summed E-state index contributed by atoms with van der Waals surface area (Å²) in [5, 5.41) is 3.61. The molecule has 0 bridgehead atoms. The van der Waals surface area contributed by atoms with Gasteiger partial charge in [0.1, 0.15) is 11.9 Å². The molecular formula is C21H23NO5. The molecule has 4 rings (SSSR count). The first-order chi connectivity index (χ1) is 12.9. The number of benzene rings is 2. The van der Waals surface area contributed by atoms with Gasteiger partial charge in [-0.1, -0.05) is 19.9 Å². The van der Waals surface area contributed by atoms with Crippen LogP contribution in [-0.2, 0) is 9.53 Å². The van der Waals surface area contributed by atoms with E-state index in [1.165, 1.54) is 6.92 Å². The van der Waals surface area contributed by atoms with E-state index >= 15 is 0 Å². The van der Waals surface area contributed by atoms with Crippen molar-refractivity contribution < 1.29 is 23.7 Å². The minimum absolute atomic E-state index is 0.0859. The number of hydrogen-bond donors (Lipinski definition) is 1. The fourth-order valence-corrected chi connectivity index (χ4v) is 3.90. The van der Waals surface area contributed by atoms with Crippen molar-refractivity contribution >= 4 is 11.7 Å². The second kappa shape index (κ2) is 6.37. The summed E-state index contributed by atoms with van der Waals surface area (Å²) in [6.07, 6.45) is -0.420. The number of carbonyl (C=O) groups is 1. The molecule has 0 radical (unpaired) electrons. The van der Waals surface area contributed by atoms with Gasteiger partial charge in [0, 0.05) is 23.6 Å². The Morgan fingerprint density at radius 3 is 2.67 bits per heavy atom. The lowest BCUT2D eigenvalue weighted by Crippen LogP contribution is -2.40. The number of methoxy groups -OCH3 is 1. The van der Waals surface area contributed by atoms with Gasteiger partial charge in [-0.15, -0.1) is 0 Å². The second-order valence-electron chi connectivity index (χ2n) is 7.45. The highest BCUT2D eigenvalue weighted by molar-refractivity contribution is 5.68. The Bertz CT molecular complexity index is 892. The van der Waals surface area contributed by atoms with Crippen molar-refractivity contribution in [3.63, 3.8) is 0 Å². The fraction of sp³-hybridized carbons (Fsp3) is 0.381. The smallest absolute Gasteiger partial charge is 0.303 e. The monoisotopic (exact) mass is 369 g/mol. The van der Waals surface area contributed by atoms with Gasteiger partial charge in [-0.2, -0.15) is 0 Å². The highest BCUT2D eigenvalue weighted by Gasteiger charge is 2.46. The third kappa shape index (κ3) is 2.95. The normalized spacial score (nSPS) is 21.8. The van der Waals surface area contributed by atoms with Crippen molar-refractivity contribution in [1.29, 1.82) is 0 Å². The van der Waals surface area contributed by atoms with Crippen LogP contribution in [0.15, 0.2) is 36.4 Å². The van der Waals surface area contributed by atoms with E-state index in [2.05, 4.69) is 19.2 Å². The first-order valence-corrected chi connectivity index (χ1v) is 8.91. The lowest BCUT2D eigenvalue weighted by molar-refractivity contribution is -0.154. The number of carbonyl (C=O) groups excluding carboxylic acids is 1. The van der Waals surface area contributed by atoms with Crippen LogP contribution < -0.4 is 19.5 Å². The van der Waals surface area contributed by atoms with E-state index in [-0.39, 0.29) is 18.8 Å². The van der Waals surface area contributed by atoms with Gasteiger partial charge in [-0.3, -0.25) is 4.79 Å². The lowest BCUT2D eigenvalue weighted by atomic mass is 9.70. The zero-order valence-electron chi connectivity index (χ0n) is 15.9. The SMILES string of the molecule is COc1ccc2c(c1)C(OC(C)=O)C(C)(C)C(c1ccc3c(c1)OCO3)N2. The number of ether oxygens (including phenoxy) is 4. The molecule has 6 nitrogen and oxygen atoms in total. The highest BCUT2D eigenvalue weighted by Crippen LogP contribution is 2.54. The van der Waals surface area contributed by atoms with Crippen LogP contribution in [-0.4, -0.2) is 19.9 Å². The van der Waals surface area contributed by atoms with Crippen molar-refractivity contribution in [2.45, 2.75) is 32.9 Å². The zero-order valence-corrected chi connectivity index (χ0v) is 15.9. The molecule has 0 amide bonds. The molecule has 0 spiro atoms. The van der Waals surface area contributed by atoms with E-state index in [4.69, 9.17) is 18.9 Å². The predicted octanol–water partition coefficient (Wildman–Crippen LogP) is 4.22. The standard InChI is InChI=1S/C21H23NO5/c1-12(23)27-20-15-10-14(24-4)6-7-16(15)22-19(21(20,2)3)13-5-8-17-18(9-13)26-11-25-17/h5-10,19-20,22H,11H2,1-4H3. The maximum absolute atomic E-state index is 11.9. The average Bonchev–Trinajstić information content (AvgIpc) is 3.11. The van der Waals surface area contributed by atoms with Crippen LogP contribution in [0, 0.1) is 5.41 Å². The van der Waals surface area contributed by atoms with Crippen molar-refractivity contribution in [2.75, 3.05) is 19.2 Å². The summed E-state index contributed by atoms with van der Waals surface area (Å²) in [7, 11) is 1.62. The fourth-order valence-electron chi connectivity index (χ4n) is 3.90. The molecule has 1 N–H and O–H groups in total. The van der Waals surface area contributed by atoms with Crippen LogP contribution in [0.3, 0.4) is 0 Å². The Labute approximate surface area is 158 Å². The molecule has 142 valence electrons. The Hall–Kier alpha value is -2.89. The largest absolute Gasteiger partial charge is 0.497 e. The molecule has 2 aliphatic heterocycles. The molecular weight excluding hydrogens is 346 g/mol. The summed E-state index contributed by atoms with van der Waals surface area (Å²) < 4.78 is 22.1. The molecule has 2 atom stereocenters. The molecule has 2 unspecified atom stereocenters. The number of nitrogens with one attached hydrogen (secondary N) is 1. The number of anilines is 1. The average molecular weight is 369 g/mol. The van der Waals surface area contributed by atoms with Gasteiger partial charge < -0.3 is 24.3 Å².